The molecule has 0 aromatic heterocycles. The standard InChI is InChI=1S/C22H23N/c1-22(2,3)23(19-14-8-5-9-15-19)21-17-11-10-16-20(21)18-12-6-4-7-13-18/h4-17H,1-3H3. The quantitative estimate of drug-likeness (QED) is 0.549. The zero-order valence-electron chi connectivity index (χ0n) is 14.0. The Morgan fingerprint density at radius 1 is 0.609 bits per heavy atom. The molecule has 0 atom stereocenters. The summed E-state index contributed by atoms with van der Waals surface area (Å²) in [6.07, 6.45) is 0. The average Bonchev–Trinajstić information content (AvgIpc) is 2.56. The van der Waals surface area contributed by atoms with E-state index in [9.17, 15) is 0 Å². The van der Waals surface area contributed by atoms with Crippen LogP contribution < -0.4 is 4.90 Å². The lowest BCUT2D eigenvalue weighted by Crippen LogP contribution is -2.37. The third kappa shape index (κ3) is 3.29. The van der Waals surface area contributed by atoms with E-state index in [0.29, 0.717) is 0 Å². The van der Waals surface area contributed by atoms with Crippen LogP contribution in [0.1, 0.15) is 20.8 Å². The van der Waals surface area contributed by atoms with Crippen LogP contribution in [0.25, 0.3) is 11.1 Å². The highest BCUT2D eigenvalue weighted by Gasteiger charge is 2.25. The molecule has 3 aromatic rings. The van der Waals surface area contributed by atoms with Gasteiger partial charge in [0.05, 0.1) is 0 Å². The molecule has 3 rings (SSSR count). The molecule has 0 spiro atoms. The molecule has 0 bridgehead atoms. The third-order valence-electron chi connectivity index (χ3n) is 3.91. The van der Waals surface area contributed by atoms with Gasteiger partial charge in [0.25, 0.3) is 0 Å². The second-order valence-electron chi connectivity index (χ2n) is 6.72. The molecule has 0 aliphatic rings. The topological polar surface area (TPSA) is 3.24 Å². The molecule has 116 valence electrons. The first-order valence-electron chi connectivity index (χ1n) is 8.07. The number of hydrogen-bond donors (Lipinski definition) is 0. The van der Waals surface area contributed by atoms with Crippen molar-refractivity contribution in [3.05, 3.63) is 84.9 Å². The Kier molecular flexibility index (Phi) is 4.20. The highest BCUT2D eigenvalue weighted by atomic mass is 15.2. The molecule has 0 N–H and O–H groups in total. The molecular formula is C22H23N. The van der Waals surface area contributed by atoms with Crippen LogP contribution in [0.3, 0.4) is 0 Å². The number of para-hydroxylation sites is 2. The van der Waals surface area contributed by atoms with Crippen molar-refractivity contribution in [2.24, 2.45) is 0 Å². The van der Waals surface area contributed by atoms with Crippen molar-refractivity contribution in [3.8, 4) is 11.1 Å². The van der Waals surface area contributed by atoms with Gasteiger partial charge in [-0.1, -0.05) is 66.7 Å². The van der Waals surface area contributed by atoms with E-state index in [0.717, 1.165) is 0 Å². The van der Waals surface area contributed by atoms with Crippen LogP contribution in [0.5, 0.6) is 0 Å². The summed E-state index contributed by atoms with van der Waals surface area (Å²) >= 11 is 0. The van der Waals surface area contributed by atoms with Crippen molar-refractivity contribution in [1.82, 2.24) is 0 Å². The van der Waals surface area contributed by atoms with Crippen LogP contribution in [0.4, 0.5) is 11.4 Å². The molecule has 0 fully saturated rings. The first-order chi connectivity index (χ1) is 11.1. The fourth-order valence-electron chi connectivity index (χ4n) is 3.00. The minimum Gasteiger partial charge on any atom is -0.336 e. The fourth-order valence-corrected chi connectivity index (χ4v) is 3.00. The van der Waals surface area contributed by atoms with Crippen LogP contribution in [0.15, 0.2) is 84.9 Å². The van der Waals surface area contributed by atoms with Crippen LogP contribution in [0.2, 0.25) is 0 Å². The summed E-state index contributed by atoms with van der Waals surface area (Å²) in [6, 6.07) is 29.8. The molecule has 3 aromatic carbocycles. The van der Waals surface area contributed by atoms with Gasteiger partial charge in [-0.15, -0.1) is 0 Å². The maximum absolute atomic E-state index is 2.41. The molecule has 0 saturated heterocycles. The smallest absolute Gasteiger partial charge is 0.0495 e. The molecule has 1 nitrogen and oxygen atoms in total. The second-order valence-corrected chi connectivity index (χ2v) is 6.72. The lowest BCUT2D eigenvalue weighted by atomic mass is 9.97. The van der Waals surface area contributed by atoms with Crippen LogP contribution in [-0.2, 0) is 0 Å². The Balaban J connectivity index is 2.19. The maximum Gasteiger partial charge on any atom is 0.0495 e. The van der Waals surface area contributed by atoms with Crippen molar-refractivity contribution in [2.45, 2.75) is 26.3 Å². The van der Waals surface area contributed by atoms with Gasteiger partial charge >= 0.3 is 0 Å². The summed E-state index contributed by atoms with van der Waals surface area (Å²) in [5.41, 5.74) is 4.92. The Morgan fingerprint density at radius 3 is 1.74 bits per heavy atom. The average molecular weight is 301 g/mol. The van der Waals surface area contributed by atoms with Gasteiger partial charge in [-0.05, 0) is 44.5 Å². The zero-order chi connectivity index (χ0) is 16.3. The van der Waals surface area contributed by atoms with Crippen molar-refractivity contribution >= 4 is 11.4 Å². The Bertz CT molecular complexity index is 755. The Hall–Kier alpha value is -2.54. The summed E-state index contributed by atoms with van der Waals surface area (Å²) < 4.78 is 0. The molecule has 0 saturated carbocycles. The summed E-state index contributed by atoms with van der Waals surface area (Å²) in [6.45, 7) is 6.76. The molecular weight excluding hydrogens is 278 g/mol. The van der Waals surface area contributed by atoms with Gasteiger partial charge in [0.1, 0.15) is 0 Å². The molecule has 0 radical (unpaired) electrons. The third-order valence-corrected chi connectivity index (χ3v) is 3.91. The highest BCUT2D eigenvalue weighted by Crippen LogP contribution is 2.39. The van der Waals surface area contributed by atoms with Crippen molar-refractivity contribution in [3.63, 3.8) is 0 Å². The SMILES string of the molecule is CC(C)(C)N(c1ccccc1)c1ccccc1-c1ccccc1. The first kappa shape index (κ1) is 15.4. The predicted octanol–water partition coefficient (Wildman–Crippen LogP) is 6.29. The second kappa shape index (κ2) is 6.29. The van der Waals surface area contributed by atoms with E-state index < -0.39 is 0 Å². The van der Waals surface area contributed by atoms with E-state index in [1.165, 1.54) is 22.5 Å². The van der Waals surface area contributed by atoms with Gasteiger partial charge < -0.3 is 4.90 Å². The minimum absolute atomic E-state index is 0.0216. The van der Waals surface area contributed by atoms with Gasteiger partial charge in [0.15, 0.2) is 0 Å². The van der Waals surface area contributed by atoms with Gasteiger partial charge in [0.2, 0.25) is 0 Å². The molecule has 0 unspecified atom stereocenters. The monoisotopic (exact) mass is 301 g/mol. The van der Waals surface area contributed by atoms with Crippen LogP contribution in [0, 0.1) is 0 Å². The molecule has 23 heavy (non-hydrogen) atoms. The molecule has 0 heterocycles. The normalized spacial score (nSPS) is 11.3. The molecule has 0 amide bonds. The van der Waals surface area contributed by atoms with Crippen LogP contribution >= 0.6 is 0 Å². The zero-order valence-corrected chi connectivity index (χ0v) is 14.0. The number of benzene rings is 3. The van der Waals surface area contributed by atoms with Gasteiger partial charge in [-0.2, -0.15) is 0 Å². The van der Waals surface area contributed by atoms with Crippen molar-refractivity contribution in [2.75, 3.05) is 4.90 Å². The molecule has 1 heteroatoms. The fraction of sp³-hybridized carbons (Fsp3) is 0.182. The number of nitrogens with zero attached hydrogens (tertiary/aromatic N) is 1. The van der Waals surface area contributed by atoms with Gasteiger partial charge in [0, 0.05) is 22.5 Å². The Morgan fingerprint density at radius 2 is 1.13 bits per heavy atom. The Labute approximate surface area is 139 Å². The maximum atomic E-state index is 2.41. The van der Waals surface area contributed by atoms with Gasteiger partial charge in [-0.25, -0.2) is 0 Å². The van der Waals surface area contributed by atoms with Gasteiger partial charge in [-0.3, -0.25) is 0 Å². The summed E-state index contributed by atoms with van der Waals surface area (Å²) in [4.78, 5) is 2.41. The van der Waals surface area contributed by atoms with E-state index >= 15 is 0 Å². The van der Waals surface area contributed by atoms with E-state index in [2.05, 4.69) is 111 Å². The number of rotatable bonds is 3. The lowest BCUT2D eigenvalue weighted by molar-refractivity contribution is 0.560. The van der Waals surface area contributed by atoms with Crippen LogP contribution in [-0.4, -0.2) is 5.54 Å². The van der Waals surface area contributed by atoms with E-state index in [-0.39, 0.29) is 5.54 Å². The summed E-state index contributed by atoms with van der Waals surface area (Å²) in [5, 5.41) is 0. The lowest BCUT2D eigenvalue weighted by Gasteiger charge is -2.39. The van der Waals surface area contributed by atoms with E-state index in [4.69, 9.17) is 0 Å². The largest absolute Gasteiger partial charge is 0.336 e. The highest BCUT2D eigenvalue weighted by molar-refractivity contribution is 5.83. The van der Waals surface area contributed by atoms with E-state index in [1.54, 1.807) is 0 Å². The predicted molar refractivity (Wildman–Crippen MR) is 100 cm³/mol. The molecule has 0 aliphatic heterocycles. The summed E-state index contributed by atoms with van der Waals surface area (Å²) in [5.74, 6) is 0. The first-order valence-corrected chi connectivity index (χ1v) is 8.07. The molecule has 0 aliphatic carbocycles. The summed E-state index contributed by atoms with van der Waals surface area (Å²) in [7, 11) is 0. The van der Waals surface area contributed by atoms with Crippen molar-refractivity contribution in [1.29, 1.82) is 0 Å². The minimum atomic E-state index is -0.0216. The number of hydrogen-bond acceptors (Lipinski definition) is 1. The van der Waals surface area contributed by atoms with E-state index in [1.807, 2.05) is 0 Å². The van der Waals surface area contributed by atoms with Crippen molar-refractivity contribution < 1.29 is 0 Å². The number of anilines is 2.